The molecular weight excluding hydrogens is 676 g/mol. The summed E-state index contributed by atoms with van der Waals surface area (Å²) in [6.07, 6.45) is 1.76. The Bertz CT molecular complexity index is 2510. The van der Waals surface area contributed by atoms with Gasteiger partial charge in [0.1, 0.15) is 23.4 Å². The van der Waals surface area contributed by atoms with Crippen LogP contribution < -0.4 is 14.4 Å². The van der Waals surface area contributed by atoms with Crippen LogP contribution in [0.1, 0.15) is 36.0 Å². The number of nitrogens with one attached hydrogen (secondary N) is 1. The van der Waals surface area contributed by atoms with Crippen molar-refractivity contribution >= 4 is 52.5 Å². The molecule has 0 amide bonds. The van der Waals surface area contributed by atoms with Crippen LogP contribution in [0.25, 0.3) is 43.1 Å². The summed E-state index contributed by atoms with van der Waals surface area (Å²) in [6.45, 7) is 5.37. The molecule has 0 saturated carbocycles. The smallest absolute Gasteiger partial charge is 0.463 e. The lowest BCUT2D eigenvalue weighted by atomic mass is 9.91. The van der Waals surface area contributed by atoms with Gasteiger partial charge in [0.15, 0.2) is 10.8 Å². The third-order valence-electron chi connectivity index (χ3n) is 8.88. The number of rotatable bonds is 5. The molecule has 0 radical (unpaired) electrons. The standard InChI is InChI=1S/C38H29FN3O6PS/c1-4-46-38(43)32-21(3)41-36(42-35(32)25-10-7-11-28(39)20(25)2)37-40-19-31(50-37)24-12-15-27-23(18-24)14-17-30-34(27)33-26-9-6-5-8-22(26)13-16-29(33)47-49(44,45)48-30/h5-19,35H,4H2,1-3H3,(H,41,42)(H,44,45)/t35-/m0/s1. The summed E-state index contributed by atoms with van der Waals surface area (Å²) >= 11 is 1.42. The van der Waals surface area contributed by atoms with Gasteiger partial charge in [0.05, 0.1) is 17.1 Å². The maximum Gasteiger partial charge on any atom is 0.584 e. The average Bonchev–Trinajstić information content (AvgIpc) is 3.55. The predicted molar refractivity (Wildman–Crippen MR) is 192 cm³/mol. The van der Waals surface area contributed by atoms with Crippen molar-refractivity contribution in [1.82, 2.24) is 10.3 Å². The van der Waals surface area contributed by atoms with Crippen molar-refractivity contribution in [2.45, 2.75) is 26.8 Å². The number of hydrogen-bond donors (Lipinski definition) is 2. The van der Waals surface area contributed by atoms with E-state index < -0.39 is 19.8 Å². The molecule has 0 saturated heterocycles. The lowest BCUT2D eigenvalue weighted by Crippen LogP contribution is -2.33. The molecule has 2 atom stereocenters. The number of allylic oxidation sites excluding steroid dienone is 1. The fraction of sp³-hybridized carbons (Fsp3) is 0.132. The monoisotopic (exact) mass is 705 g/mol. The van der Waals surface area contributed by atoms with Gasteiger partial charge in [0, 0.05) is 23.0 Å². The molecule has 2 aliphatic rings. The van der Waals surface area contributed by atoms with Gasteiger partial charge < -0.3 is 19.1 Å². The first kappa shape index (κ1) is 31.9. The zero-order chi connectivity index (χ0) is 34.7. The van der Waals surface area contributed by atoms with E-state index in [1.807, 2.05) is 54.6 Å². The topological polar surface area (TPSA) is 119 Å². The van der Waals surface area contributed by atoms with Gasteiger partial charge in [-0.2, -0.15) is 0 Å². The van der Waals surface area contributed by atoms with Gasteiger partial charge in [-0.25, -0.2) is 18.7 Å². The summed E-state index contributed by atoms with van der Waals surface area (Å²) in [4.78, 5) is 34.0. The third-order valence-corrected chi connectivity index (χ3v) is 10.8. The van der Waals surface area contributed by atoms with E-state index in [2.05, 4.69) is 10.3 Å². The molecule has 5 aromatic carbocycles. The van der Waals surface area contributed by atoms with Crippen LogP contribution in [0, 0.1) is 12.7 Å². The number of halogens is 1. The summed E-state index contributed by atoms with van der Waals surface area (Å²) in [5.74, 6) is 0.0728. The zero-order valence-corrected chi connectivity index (χ0v) is 28.8. The van der Waals surface area contributed by atoms with E-state index in [9.17, 15) is 18.6 Å². The summed E-state index contributed by atoms with van der Waals surface area (Å²) in [5.41, 5.74) is 4.08. The van der Waals surface area contributed by atoms with Gasteiger partial charge in [-0.15, -0.1) is 11.3 Å². The normalized spacial score (nSPS) is 18.3. The van der Waals surface area contributed by atoms with Crippen LogP contribution in [-0.2, 0) is 14.1 Å². The summed E-state index contributed by atoms with van der Waals surface area (Å²) < 4.78 is 44.0. The van der Waals surface area contributed by atoms with Crippen molar-refractivity contribution in [2.75, 3.05) is 6.61 Å². The SMILES string of the molecule is CCOC(=O)C1=C(C)NC(c2ncc(-c3ccc4c5c(ccc4c3)OP(=O)(O)Oc3ccc4ccccc4c3-5)s2)=N[C@H]1c1cccc(F)c1C. The van der Waals surface area contributed by atoms with Gasteiger partial charge in [0.25, 0.3) is 0 Å². The number of carbonyl (C=O) groups excluding carboxylic acids is 1. The number of ether oxygens (including phenoxy) is 1. The average molecular weight is 706 g/mol. The second-order valence-electron chi connectivity index (χ2n) is 11.9. The highest BCUT2D eigenvalue weighted by molar-refractivity contribution is 7.48. The molecule has 0 spiro atoms. The first-order valence-electron chi connectivity index (χ1n) is 15.9. The molecule has 3 heterocycles. The first-order chi connectivity index (χ1) is 24.1. The number of hydrogen-bond acceptors (Lipinski definition) is 9. The molecule has 6 aromatic rings. The third kappa shape index (κ3) is 5.44. The number of aromatic nitrogens is 1. The molecule has 1 unspecified atom stereocenters. The predicted octanol–water partition coefficient (Wildman–Crippen LogP) is 9.03. The van der Waals surface area contributed by atoms with Gasteiger partial charge in [-0.1, -0.05) is 60.7 Å². The van der Waals surface area contributed by atoms with E-state index in [1.54, 1.807) is 51.2 Å². The van der Waals surface area contributed by atoms with Gasteiger partial charge >= 0.3 is 13.8 Å². The van der Waals surface area contributed by atoms with Crippen molar-refractivity contribution in [2.24, 2.45) is 4.99 Å². The number of carbonyl (C=O) groups is 1. The maximum absolute atomic E-state index is 14.7. The minimum Gasteiger partial charge on any atom is -0.463 e. The van der Waals surface area contributed by atoms with E-state index in [0.29, 0.717) is 44.4 Å². The number of benzene rings is 5. The van der Waals surface area contributed by atoms with Crippen molar-refractivity contribution in [3.8, 4) is 33.1 Å². The Morgan fingerprint density at radius 3 is 2.44 bits per heavy atom. The quantitative estimate of drug-likeness (QED) is 0.135. The Morgan fingerprint density at radius 2 is 1.68 bits per heavy atom. The van der Waals surface area contributed by atoms with Gasteiger partial charge in [-0.3, -0.25) is 9.89 Å². The van der Waals surface area contributed by atoms with E-state index in [-0.39, 0.29) is 23.9 Å². The van der Waals surface area contributed by atoms with E-state index in [0.717, 1.165) is 32.0 Å². The number of esters is 1. The largest absolute Gasteiger partial charge is 0.584 e. The second-order valence-corrected chi connectivity index (χ2v) is 14.3. The Morgan fingerprint density at radius 1 is 0.960 bits per heavy atom. The molecule has 8 rings (SSSR count). The summed E-state index contributed by atoms with van der Waals surface area (Å²) in [5, 5.41) is 7.34. The van der Waals surface area contributed by atoms with Gasteiger partial charge in [0.2, 0.25) is 0 Å². The number of phosphoric ester groups is 1. The zero-order valence-electron chi connectivity index (χ0n) is 27.1. The highest BCUT2D eigenvalue weighted by atomic mass is 32.1. The second kappa shape index (κ2) is 12.2. The molecule has 2 aliphatic heterocycles. The van der Waals surface area contributed by atoms with E-state index >= 15 is 0 Å². The molecule has 0 aliphatic carbocycles. The molecular formula is C38H29FN3O6PS. The fourth-order valence-corrected chi connectivity index (χ4v) is 8.27. The molecule has 1 aromatic heterocycles. The van der Waals surface area contributed by atoms with Gasteiger partial charge in [-0.05, 0) is 83.3 Å². The van der Waals surface area contributed by atoms with E-state index in [4.69, 9.17) is 18.8 Å². The van der Waals surface area contributed by atoms with Crippen LogP contribution in [0.15, 0.2) is 107 Å². The minimum atomic E-state index is -4.44. The lowest BCUT2D eigenvalue weighted by molar-refractivity contribution is -0.138. The summed E-state index contributed by atoms with van der Waals surface area (Å²) in [7, 11) is -4.44. The number of thiazole rings is 1. The number of aliphatic imine (C=N–C) groups is 1. The van der Waals surface area contributed by atoms with Crippen molar-refractivity contribution in [1.29, 1.82) is 0 Å². The molecule has 2 N–H and O–H groups in total. The molecule has 0 fully saturated rings. The van der Waals surface area contributed by atoms with Crippen molar-refractivity contribution in [3.05, 3.63) is 124 Å². The van der Waals surface area contributed by atoms with Crippen LogP contribution in [0.2, 0.25) is 0 Å². The van der Waals surface area contributed by atoms with Crippen molar-refractivity contribution in [3.63, 3.8) is 0 Å². The highest BCUT2D eigenvalue weighted by Crippen LogP contribution is 2.57. The van der Waals surface area contributed by atoms with Crippen LogP contribution in [-0.4, -0.2) is 28.3 Å². The molecule has 12 heteroatoms. The number of fused-ring (bicyclic) bond motifs is 7. The highest BCUT2D eigenvalue weighted by Gasteiger charge is 2.35. The molecule has 0 bridgehead atoms. The maximum atomic E-state index is 14.7. The fourth-order valence-electron chi connectivity index (χ4n) is 6.57. The number of nitrogens with zero attached hydrogens (tertiary/aromatic N) is 2. The Kier molecular flexibility index (Phi) is 7.79. The van der Waals surface area contributed by atoms with Crippen LogP contribution in [0.5, 0.6) is 11.5 Å². The van der Waals surface area contributed by atoms with Crippen molar-refractivity contribution < 1.29 is 32.4 Å². The minimum absolute atomic E-state index is 0.192. The number of phosphoric acid groups is 1. The van der Waals surface area contributed by atoms with E-state index in [1.165, 1.54) is 17.4 Å². The molecule has 9 nitrogen and oxygen atoms in total. The summed E-state index contributed by atoms with van der Waals surface area (Å²) in [6, 6.07) is 24.8. The Labute approximate surface area is 290 Å². The Balaban J connectivity index is 1.21. The molecule has 50 heavy (non-hydrogen) atoms. The Hall–Kier alpha value is -5.35. The van der Waals surface area contributed by atoms with Crippen LogP contribution in [0.4, 0.5) is 4.39 Å². The first-order valence-corrected chi connectivity index (χ1v) is 18.2. The number of amidine groups is 1. The van der Waals surface area contributed by atoms with Crippen LogP contribution in [0.3, 0.4) is 0 Å². The lowest BCUT2D eigenvalue weighted by Gasteiger charge is -2.26. The van der Waals surface area contributed by atoms with Crippen LogP contribution >= 0.6 is 19.2 Å². The molecule has 250 valence electrons.